The van der Waals surface area contributed by atoms with Gasteiger partial charge in [0.05, 0.1) is 6.04 Å². The number of nitrogens with zero attached hydrogens (tertiary/aromatic N) is 2. The van der Waals surface area contributed by atoms with E-state index < -0.39 is 35.5 Å². The number of rotatable bonds is 6. The van der Waals surface area contributed by atoms with Crippen LogP contribution in [-0.2, 0) is 19.1 Å². The highest BCUT2D eigenvalue weighted by Gasteiger charge is 2.46. The second-order valence-corrected chi connectivity index (χ2v) is 14.5. The van der Waals surface area contributed by atoms with Crippen LogP contribution in [0.4, 0.5) is 9.59 Å². The highest BCUT2D eigenvalue weighted by molar-refractivity contribution is 5.90. The van der Waals surface area contributed by atoms with Gasteiger partial charge >= 0.3 is 12.2 Å². The Hall–Kier alpha value is -2.78. The van der Waals surface area contributed by atoms with Crippen LogP contribution < -0.4 is 10.6 Å². The molecule has 10 heteroatoms. The van der Waals surface area contributed by atoms with Crippen LogP contribution >= 0.6 is 0 Å². The molecule has 10 nitrogen and oxygen atoms in total. The molecule has 0 spiro atoms. The van der Waals surface area contributed by atoms with Crippen molar-refractivity contribution in [1.29, 1.82) is 0 Å². The topological polar surface area (TPSA) is 117 Å². The summed E-state index contributed by atoms with van der Waals surface area (Å²) in [7, 11) is 0. The predicted molar refractivity (Wildman–Crippen MR) is 159 cm³/mol. The fourth-order valence-electron chi connectivity index (χ4n) is 6.98. The summed E-state index contributed by atoms with van der Waals surface area (Å²) in [6, 6.07) is -1.57. The molecule has 2 aliphatic heterocycles. The zero-order chi connectivity index (χ0) is 30.7. The van der Waals surface area contributed by atoms with Crippen molar-refractivity contribution in [3.05, 3.63) is 11.8 Å². The maximum atomic E-state index is 14.1. The first-order chi connectivity index (χ1) is 19.7. The van der Waals surface area contributed by atoms with Gasteiger partial charge in [-0.05, 0) is 91.6 Å². The first kappa shape index (κ1) is 32.1. The summed E-state index contributed by atoms with van der Waals surface area (Å²) in [6.07, 6.45) is 11.4. The van der Waals surface area contributed by atoms with Gasteiger partial charge in [0, 0.05) is 18.8 Å². The average molecular weight is 589 g/mol. The standard InChI is InChI=1S/C32H52N4O6/c1-31(2,3)41-29(39)33-25(21-13-9-7-10-14-21)27(37)35-19-17-24-23(35)18-20-36(24)28(38)26(22-15-11-8-12-16-22)34-30(40)42-32(4,5)6/h17,21-23,25-26H,7-16,18-20H2,1-6H3,(H,33,39)(H,34,40). The Kier molecular flexibility index (Phi) is 10.1. The van der Waals surface area contributed by atoms with Crippen molar-refractivity contribution in [3.8, 4) is 0 Å². The average Bonchev–Trinajstić information content (AvgIpc) is 3.51. The van der Waals surface area contributed by atoms with E-state index in [2.05, 4.69) is 10.6 Å². The van der Waals surface area contributed by atoms with Gasteiger partial charge in [-0.3, -0.25) is 9.59 Å². The molecule has 0 aromatic heterocycles. The molecule has 0 aromatic carbocycles. The number of likely N-dealkylation sites (tertiary alicyclic amines) is 1. The molecule has 0 bridgehead atoms. The number of carbonyl (C=O) groups excluding carboxylic acids is 4. The maximum absolute atomic E-state index is 14.1. The molecular formula is C32H52N4O6. The summed E-state index contributed by atoms with van der Waals surface area (Å²) in [5, 5.41) is 5.83. The van der Waals surface area contributed by atoms with E-state index in [4.69, 9.17) is 9.47 Å². The van der Waals surface area contributed by atoms with E-state index in [-0.39, 0.29) is 29.7 Å². The molecule has 2 aliphatic carbocycles. The predicted octanol–water partition coefficient (Wildman–Crippen LogP) is 5.26. The quantitative estimate of drug-likeness (QED) is 0.437. The van der Waals surface area contributed by atoms with E-state index in [1.165, 1.54) is 0 Å². The zero-order valence-corrected chi connectivity index (χ0v) is 26.5. The van der Waals surface area contributed by atoms with Gasteiger partial charge in [-0.2, -0.15) is 0 Å². The Morgan fingerprint density at radius 2 is 1.17 bits per heavy atom. The van der Waals surface area contributed by atoms with Crippen molar-refractivity contribution in [2.75, 3.05) is 13.1 Å². The number of fused-ring (bicyclic) bond motifs is 1. The number of amides is 4. The van der Waals surface area contributed by atoms with Crippen LogP contribution in [0.2, 0.25) is 0 Å². The second kappa shape index (κ2) is 13.2. The molecule has 2 heterocycles. The minimum Gasteiger partial charge on any atom is -0.444 e. The highest BCUT2D eigenvalue weighted by Crippen LogP contribution is 2.36. The van der Waals surface area contributed by atoms with Crippen molar-refractivity contribution in [3.63, 3.8) is 0 Å². The lowest BCUT2D eigenvalue weighted by Gasteiger charge is -2.35. The Balaban J connectivity index is 1.48. The van der Waals surface area contributed by atoms with E-state index in [0.717, 1.165) is 69.9 Å². The molecule has 236 valence electrons. The summed E-state index contributed by atoms with van der Waals surface area (Å²) in [4.78, 5) is 57.3. The van der Waals surface area contributed by atoms with Crippen molar-refractivity contribution in [2.24, 2.45) is 11.8 Å². The summed E-state index contributed by atoms with van der Waals surface area (Å²) in [5.74, 6) is -0.150. The lowest BCUT2D eigenvalue weighted by atomic mass is 9.83. The van der Waals surface area contributed by atoms with E-state index in [0.29, 0.717) is 19.5 Å². The number of nitrogens with one attached hydrogen (secondary N) is 2. The second-order valence-electron chi connectivity index (χ2n) is 14.5. The van der Waals surface area contributed by atoms with Crippen LogP contribution in [0.1, 0.15) is 112 Å². The SMILES string of the molecule is CC(C)(C)OC(=O)NC(C(=O)N1CCC2C1=CCN2C(=O)C(NC(=O)OC(C)(C)C)C1CCCCC1)C1CCCCC1. The van der Waals surface area contributed by atoms with E-state index in [1.54, 1.807) is 4.90 Å². The Morgan fingerprint density at radius 3 is 1.62 bits per heavy atom. The van der Waals surface area contributed by atoms with E-state index in [9.17, 15) is 19.2 Å². The minimum atomic E-state index is -0.673. The van der Waals surface area contributed by atoms with Gasteiger partial charge in [0.15, 0.2) is 0 Å². The number of hydrogen-bond acceptors (Lipinski definition) is 6. The van der Waals surface area contributed by atoms with E-state index >= 15 is 0 Å². The summed E-state index contributed by atoms with van der Waals surface area (Å²) < 4.78 is 11.0. The Labute approximate surface area is 251 Å². The van der Waals surface area contributed by atoms with Gasteiger partial charge in [0.1, 0.15) is 23.3 Å². The first-order valence-corrected chi connectivity index (χ1v) is 16.0. The fraction of sp³-hybridized carbons (Fsp3) is 0.812. The molecule has 3 atom stereocenters. The van der Waals surface area contributed by atoms with Crippen LogP contribution in [0.15, 0.2) is 11.8 Å². The summed E-state index contributed by atoms with van der Waals surface area (Å²) >= 11 is 0. The van der Waals surface area contributed by atoms with Gasteiger partial charge in [-0.25, -0.2) is 9.59 Å². The van der Waals surface area contributed by atoms with Crippen molar-refractivity contribution in [1.82, 2.24) is 20.4 Å². The molecule has 4 rings (SSSR count). The largest absolute Gasteiger partial charge is 0.444 e. The third kappa shape index (κ3) is 8.19. The molecule has 2 N–H and O–H groups in total. The molecule has 0 radical (unpaired) electrons. The lowest BCUT2D eigenvalue weighted by Crippen LogP contribution is -2.55. The monoisotopic (exact) mass is 588 g/mol. The Morgan fingerprint density at radius 1 is 0.714 bits per heavy atom. The molecule has 0 aromatic rings. The molecule has 2 saturated carbocycles. The van der Waals surface area contributed by atoms with Crippen LogP contribution in [0.25, 0.3) is 0 Å². The third-order valence-corrected chi connectivity index (χ3v) is 8.82. The molecule has 3 unspecified atom stereocenters. The zero-order valence-electron chi connectivity index (χ0n) is 26.5. The van der Waals surface area contributed by atoms with Crippen molar-refractivity contribution >= 4 is 24.0 Å². The van der Waals surface area contributed by atoms with Gasteiger partial charge in [-0.15, -0.1) is 0 Å². The van der Waals surface area contributed by atoms with Gasteiger partial charge < -0.3 is 29.9 Å². The number of carbonyl (C=O) groups is 4. The smallest absolute Gasteiger partial charge is 0.408 e. The van der Waals surface area contributed by atoms with Gasteiger partial charge in [0.25, 0.3) is 0 Å². The number of alkyl carbamates (subject to hydrolysis) is 2. The fourth-order valence-corrected chi connectivity index (χ4v) is 6.98. The summed E-state index contributed by atoms with van der Waals surface area (Å²) in [6.45, 7) is 11.7. The number of ether oxygens (including phenoxy) is 2. The molecule has 4 amide bonds. The van der Waals surface area contributed by atoms with Crippen LogP contribution in [0.3, 0.4) is 0 Å². The molecule has 42 heavy (non-hydrogen) atoms. The van der Waals surface area contributed by atoms with Crippen LogP contribution in [0.5, 0.6) is 0 Å². The van der Waals surface area contributed by atoms with Crippen molar-refractivity contribution < 1.29 is 28.7 Å². The number of hydrogen-bond donors (Lipinski definition) is 2. The first-order valence-electron chi connectivity index (χ1n) is 16.0. The Bertz CT molecular complexity index is 1030. The van der Waals surface area contributed by atoms with Gasteiger partial charge in [0.2, 0.25) is 11.8 Å². The normalized spacial score (nSPS) is 23.5. The van der Waals surface area contributed by atoms with E-state index in [1.807, 2.05) is 52.5 Å². The minimum absolute atomic E-state index is 0.0475. The van der Waals surface area contributed by atoms with Crippen LogP contribution in [-0.4, -0.2) is 76.2 Å². The van der Waals surface area contributed by atoms with Crippen molar-refractivity contribution in [2.45, 2.75) is 141 Å². The van der Waals surface area contributed by atoms with Gasteiger partial charge in [-0.1, -0.05) is 38.5 Å². The highest BCUT2D eigenvalue weighted by atomic mass is 16.6. The molecule has 1 saturated heterocycles. The molecule has 3 fully saturated rings. The molecular weight excluding hydrogens is 536 g/mol. The molecule has 4 aliphatic rings. The van der Waals surface area contributed by atoms with Crippen LogP contribution in [0, 0.1) is 11.8 Å². The lowest BCUT2D eigenvalue weighted by molar-refractivity contribution is -0.136. The summed E-state index contributed by atoms with van der Waals surface area (Å²) in [5.41, 5.74) is -0.513. The third-order valence-electron chi connectivity index (χ3n) is 8.82. The maximum Gasteiger partial charge on any atom is 0.408 e.